The molecule has 240 valence electrons. The van der Waals surface area contributed by atoms with E-state index in [1.807, 2.05) is 30.3 Å². The van der Waals surface area contributed by atoms with Crippen LogP contribution in [0.2, 0.25) is 0 Å². The summed E-state index contributed by atoms with van der Waals surface area (Å²) in [5.74, 6) is -3.16. The summed E-state index contributed by atoms with van der Waals surface area (Å²) in [5.41, 5.74) is 0.395. The molecule has 4 aromatic rings. The summed E-state index contributed by atoms with van der Waals surface area (Å²) in [6.07, 6.45) is -4.01. The van der Waals surface area contributed by atoms with Crippen molar-refractivity contribution >= 4 is 52.2 Å². The number of carbonyl (C=O) groups is 3. The van der Waals surface area contributed by atoms with Gasteiger partial charge in [-0.2, -0.15) is 13.2 Å². The summed E-state index contributed by atoms with van der Waals surface area (Å²) >= 11 is 2.61. The Kier molecular flexibility index (Phi) is 7.10. The minimum absolute atomic E-state index is 0.0771. The number of alkyl halides is 3. The standard InChI is InChI=1S/C34H26F3N3O5S2/c35-34(36,37)16-7-6-10-18(13-16)40-31(42)26-20-14-21(27(26)32(40)43)28-25(20)24(29-30(46-28)39-33(44)47-29)19-11-4-5-12-22(19)45-15-23(41)38-17-8-2-1-3-9-17/h1-13,20-21,24-28H,14-15H2,(H,38,41)(H,39,44)/t20?,21?,24-,25?,26?,27?,28?/m1/s1. The highest BCUT2D eigenvalue weighted by Crippen LogP contribution is 2.69. The number of aromatic nitrogens is 1. The molecular formula is C34H26F3N3O5S2. The van der Waals surface area contributed by atoms with Crippen molar-refractivity contribution in [3.8, 4) is 5.75 Å². The number of H-pyrrole nitrogens is 1. The molecule has 0 radical (unpaired) electrons. The Morgan fingerprint density at radius 3 is 2.43 bits per heavy atom. The molecule has 2 bridgehead atoms. The van der Waals surface area contributed by atoms with Crippen molar-refractivity contribution in [2.45, 2.75) is 28.8 Å². The zero-order valence-electron chi connectivity index (χ0n) is 24.4. The molecule has 2 aliphatic heterocycles. The fourth-order valence-corrected chi connectivity index (χ4v) is 11.1. The molecule has 13 heteroatoms. The smallest absolute Gasteiger partial charge is 0.416 e. The fourth-order valence-electron chi connectivity index (χ4n) is 8.17. The molecule has 3 heterocycles. The third-order valence-electron chi connectivity index (χ3n) is 9.83. The first-order valence-corrected chi connectivity index (χ1v) is 16.8. The Labute approximate surface area is 274 Å². The van der Waals surface area contributed by atoms with E-state index in [1.165, 1.54) is 23.9 Å². The summed E-state index contributed by atoms with van der Waals surface area (Å²) in [7, 11) is 0. The van der Waals surface area contributed by atoms with Gasteiger partial charge in [0, 0.05) is 27.3 Å². The van der Waals surface area contributed by atoms with Crippen molar-refractivity contribution in [1.82, 2.24) is 4.98 Å². The number of hydrogen-bond acceptors (Lipinski definition) is 7. The van der Waals surface area contributed by atoms with Crippen LogP contribution in [0.1, 0.15) is 28.3 Å². The number of para-hydroxylation sites is 2. The third kappa shape index (κ3) is 4.89. The maximum atomic E-state index is 14.0. The number of fused-ring (bicyclic) bond motifs is 9. The van der Waals surface area contributed by atoms with E-state index >= 15 is 0 Å². The molecule has 7 atom stereocenters. The maximum Gasteiger partial charge on any atom is 0.416 e. The molecule has 3 amide bonds. The Bertz CT molecular complexity index is 1980. The second kappa shape index (κ2) is 11.1. The van der Waals surface area contributed by atoms with Crippen LogP contribution >= 0.6 is 23.1 Å². The SMILES string of the molecule is O=C(COc1ccccc1[C@H]1c2sc(=O)[nH]c2SC2C3CC(C4C(=O)N(c5cccc(C(F)(F)F)c5)C(=O)C34)C21)Nc1ccccc1. The van der Waals surface area contributed by atoms with Crippen LogP contribution in [-0.4, -0.2) is 34.6 Å². The number of carbonyl (C=O) groups excluding carboxylic acids is 3. The highest BCUT2D eigenvalue weighted by molar-refractivity contribution is 8.00. The number of nitrogens with one attached hydrogen (secondary N) is 2. The number of rotatable bonds is 6. The minimum Gasteiger partial charge on any atom is -0.483 e. The van der Waals surface area contributed by atoms with Gasteiger partial charge >= 0.3 is 11.0 Å². The molecule has 6 unspecified atom stereocenters. The fraction of sp³-hybridized carbons (Fsp3) is 0.294. The van der Waals surface area contributed by atoms with Gasteiger partial charge in [-0.05, 0) is 60.6 Å². The Morgan fingerprint density at radius 1 is 0.936 bits per heavy atom. The molecule has 2 saturated carbocycles. The topological polar surface area (TPSA) is 109 Å². The maximum absolute atomic E-state index is 14.0. The lowest BCUT2D eigenvalue weighted by Crippen LogP contribution is -2.42. The number of ether oxygens (including phenoxy) is 1. The molecule has 2 aliphatic carbocycles. The summed E-state index contributed by atoms with van der Waals surface area (Å²) in [6.45, 7) is -0.257. The van der Waals surface area contributed by atoms with Gasteiger partial charge in [0.25, 0.3) is 5.91 Å². The van der Waals surface area contributed by atoms with E-state index in [9.17, 15) is 32.3 Å². The highest BCUT2D eigenvalue weighted by Gasteiger charge is 2.70. The van der Waals surface area contributed by atoms with Crippen LogP contribution in [0.15, 0.2) is 88.7 Å². The first kappa shape index (κ1) is 30.0. The van der Waals surface area contributed by atoms with Crippen LogP contribution in [0, 0.1) is 29.6 Å². The zero-order valence-corrected chi connectivity index (χ0v) is 26.0. The Hall–Kier alpha value is -4.36. The van der Waals surface area contributed by atoms with Gasteiger partial charge in [-0.15, -0.1) is 11.8 Å². The first-order valence-electron chi connectivity index (χ1n) is 15.1. The van der Waals surface area contributed by atoms with Gasteiger partial charge in [0.15, 0.2) is 6.61 Å². The molecule has 1 aromatic heterocycles. The van der Waals surface area contributed by atoms with Gasteiger partial charge in [-0.25, -0.2) is 0 Å². The molecule has 8 nitrogen and oxygen atoms in total. The van der Waals surface area contributed by atoms with Gasteiger partial charge in [0.05, 0.1) is 28.1 Å². The van der Waals surface area contributed by atoms with Crippen molar-refractivity contribution in [3.05, 3.63) is 105 Å². The van der Waals surface area contributed by atoms with Crippen LogP contribution in [0.3, 0.4) is 0 Å². The average Bonchev–Trinajstić information content (AvgIpc) is 3.79. The number of halogens is 3. The lowest BCUT2D eigenvalue weighted by atomic mass is 9.68. The molecule has 3 fully saturated rings. The molecule has 47 heavy (non-hydrogen) atoms. The van der Waals surface area contributed by atoms with Crippen molar-refractivity contribution < 1.29 is 32.3 Å². The number of thioether (sulfide) groups is 1. The lowest BCUT2D eigenvalue weighted by Gasteiger charge is -2.43. The van der Waals surface area contributed by atoms with Gasteiger partial charge < -0.3 is 15.0 Å². The first-order chi connectivity index (χ1) is 22.6. The van der Waals surface area contributed by atoms with E-state index in [2.05, 4.69) is 10.3 Å². The number of aromatic amines is 1. The molecule has 4 aliphatic rings. The summed E-state index contributed by atoms with van der Waals surface area (Å²) < 4.78 is 46.7. The highest BCUT2D eigenvalue weighted by atomic mass is 32.2. The summed E-state index contributed by atoms with van der Waals surface area (Å²) in [6, 6.07) is 20.7. The average molecular weight is 678 g/mol. The monoisotopic (exact) mass is 677 g/mol. The quantitative estimate of drug-likeness (QED) is 0.237. The second-order valence-electron chi connectivity index (χ2n) is 12.3. The number of benzene rings is 3. The van der Waals surface area contributed by atoms with E-state index in [-0.39, 0.29) is 52.0 Å². The zero-order chi connectivity index (χ0) is 32.6. The van der Waals surface area contributed by atoms with Gasteiger partial charge in [-0.1, -0.05) is 53.8 Å². The van der Waals surface area contributed by atoms with Gasteiger partial charge in [-0.3, -0.25) is 24.1 Å². The number of hydrogen-bond donors (Lipinski definition) is 2. The van der Waals surface area contributed by atoms with Crippen molar-refractivity contribution in [1.29, 1.82) is 0 Å². The van der Waals surface area contributed by atoms with E-state index in [0.29, 0.717) is 22.9 Å². The Morgan fingerprint density at radius 2 is 1.66 bits per heavy atom. The van der Waals surface area contributed by atoms with Crippen molar-refractivity contribution in [3.63, 3.8) is 0 Å². The normalized spacial score (nSPS) is 27.4. The molecule has 2 N–H and O–H groups in total. The van der Waals surface area contributed by atoms with Crippen LogP contribution in [0.5, 0.6) is 5.75 Å². The third-order valence-corrected chi connectivity index (χ3v) is 12.4. The second-order valence-corrected chi connectivity index (χ2v) is 14.5. The lowest BCUT2D eigenvalue weighted by molar-refractivity contribution is -0.137. The van der Waals surface area contributed by atoms with Crippen LogP contribution in [-0.2, 0) is 20.6 Å². The largest absolute Gasteiger partial charge is 0.483 e. The summed E-state index contributed by atoms with van der Waals surface area (Å²) in [5, 5.41) is 3.38. The van der Waals surface area contributed by atoms with Gasteiger partial charge in [0.1, 0.15) is 5.75 Å². The van der Waals surface area contributed by atoms with E-state index in [4.69, 9.17) is 4.74 Å². The number of amides is 3. The number of thiazole rings is 1. The molecule has 0 spiro atoms. The molecule has 8 rings (SSSR count). The molecule has 3 aromatic carbocycles. The van der Waals surface area contributed by atoms with E-state index in [1.54, 1.807) is 24.3 Å². The predicted molar refractivity (Wildman–Crippen MR) is 169 cm³/mol. The van der Waals surface area contributed by atoms with E-state index < -0.39 is 35.4 Å². The minimum atomic E-state index is -4.62. The number of imide groups is 1. The Balaban J connectivity index is 1.13. The van der Waals surface area contributed by atoms with Gasteiger partial charge in [0.2, 0.25) is 11.8 Å². The predicted octanol–water partition coefficient (Wildman–Crippen LogP) is 6.15. The van der Waals surface area contributed by atoms with E-state index in [0.717, 1.165) is 38.8 Å². The van der Waals surface area contributed by atoms with Crippen molar-refractivity contribution in [2.75, 3.05) is 16.8 Å². The van der Waals surface area contributed by atoms with Crippen LogP contribution in [0.25, 0.3) is 0 Å². The van der Waals surface area contributed by atoms with Crippen molar-refractivity contribution in [2.24, 2.45) is 29.6 Å². The van der Waals surface area contributed by atoms with Crippen LogP contribution in [0.4, 0.5) is 24.5 Å². The summed E-state index contributed by atoms with van der Waals surface area (Å²) in [4.78, 5) is 57.8. The number of anilines is 2. The van der Waals surface area contributed by atoms with Crippen LogP contribution < -0.4 is 19.8 Å². The number of nitrogens with zero attached hydrogens (tertiary/aromatic N) is 1. The molecular weight excluding hydrogens is 652 g/mol. The molecule has 1 saturated heterocycles.